The molecule has 0 aliphatic heterocycles. The lowest BCUT2D eigenvalue weighted by atomic mass is 10.2. The van der Waals surface area contributed by atoms with Crippen molar-refractivity contribution in [1.29, 1.82) is 0 Å². The van der Waals surface area contributed by atoms with Crippen LogP contribution in [0.2, 0.25) is 5.02 Å². The third-order valence-electron chi connectivity index (χ3n) is 1.87. The van der Waals surface area contributed by atoms with Gasteiger partial charge in [0.2, 0.25) is 0 Å². The molecule has 0 spiro atoms. The molecule has 15 heavy (non-hydrogen) atoms. The maximum absolute atomic E-state index is 13.6. The second-order valence-electron chi connectivity index (χ2n) is 2.90. The lowest BCUT2D eigenvalue weighted by Gasteiger charge is -2.02. The van der Waals surface area contributed by atoms with Crippen molar-refractivity contribution < 1.29 is 8.81 Å². The number of rotatable bonds is 0. The second kappa shape index (κ2) is 3.57. The van der Waals surface area contributed by atoms with Gasteiger partial charge in [-0.15, -0.1) is 0 Å². The van der Waals surface area contributed by atoms with Crippen LogP contribution in [0.4, 0.5) is 4.39 Å². The molecule has 0 amide bonds. The first kappa shape index (κ1) is 10.6. The standard InChI is InChI=1S/C9H4BrClFNO2/c1-3-13-8-4(9(14)15-3)2-5(11)6(10)7(8)12/h2H,1H3. The van der Waals surface area contributed by atoms with Crippen molar-refractivity contribution in [2.24, 2.45) is 0 Å². The van der Waals surface area contributed by atoms with E-state index in [0.29, 0.717) is 0 Å². The molecule has 1 heterocycles. The van der Waals surface area contributed by atoms with Gasteiger partial charge >= 0.3 is 5.63 Å². The first-order valence-electron chi connectivity index (χ1n) is 3.95. The summed E-state index contributed by atoms with van der Waals surface area (Å²) in [7, 11) is 0. The van der Waals surface area contributed by atoms with Crippen molar-refractivity contribution in [1.82, 2.24) is 4.98 Å². The molecule has 6 heteroatoms. The van der Waals surface area contributed by atoms with Gasteiger partial charge in [0.25, 0.3) is 0 Å². The highest BCUT2D eigenvalue weighted by Gasteiger charge is 2.14. The zero-order chi connectivity index (χ0) is 11.2. The average molecular weight is 292 g/mol. The van der Waals surface area contributed by atoms with Crippen molar-refractivity contribution in [2.45, 2.75) is 6.92 Å². The quantitative estimate of drug-likeness (QED) is 0.701. The maximum atomic E-state index is 13.6. The normalized spacial score (nSPS) is 10.9. The summed E-state index contributed by atoms with van der Waals surface area (Å²) in [6, 6.07) is 1.32. The Morgan fingerprint density at radius 2 is 2.27 bits per heavy atom. The van der Waals surface area contributed by atoms with E-state index < -0.39 is 11.4 Å². The molecule has 2 rings (SSSR count). The van der Waals surface area contributed by atoms with Gasteiger partial charge in [0, 0.05) is 6.92 Å². The summed E-state index contributed by atoms with van der Waals surface area (Å²) in [6.07, 6.45) is 0. The van der Waals surface area contributed by atoms with Gasteiger partial charge in [-0.3, -0.25) is 0 Å². The Kier molecular flexibility index (Phi) is 2.52. The fraction of sp³-hybridized carbons (Fsp3) is 0.111. The lowest BCUT2D eigenvalue weighted by Crippen LogP contribution is -2.04. The van der Waals surface area contributed by atoms with Gasteiger partial charge in [-0.2, -0.15) is 0 Å². The fourth-order valence-electron chi connectivity index (χ4n) is 1.22. The number of fused-ring (bicyclic) bond motifs is 1. The Balaban J connectivity index is 3.05. The molecule has 0 radical (unpaired) electrons. The van der Waals surface area contributed by atoms with Gasteiger partial charge in [-0.25, -0.2) is 14.2 Å². The van der Waals surface area contributed by atoms with Crippen LogP contribution in [0.1, 0.15) is 5.89 Å². The van der Waals surface area contributed by atoms with Crippen LogP contribution >= 0.6 is 27.5 Å². The number of aryl methyl sites for hydroxylation is 1. The average Bonchev–Trinajstić information content (AvgIpc) is 2.17. The Bertz CT molecular complexity index is 611. The van der Waals surface area contributed by atoms with Crippen molar-refractivity contribution in [2.75, 3.05) is 0 Å². The third-order valence-corrected chi connectivity index (χ3v) is 3.17. The summed E-state index contributed by atoms with van der Waals surface area (Å²) in [6.45, 7) is 1.47. The van der Waals surface area contributed by atoms with Crippen LogP contribution in [0, 0.1) is 12.7 Å². The number of halogens is 3. The highest BCUT2D eigenvalue weighted by atomic mass is 79.9. The van der Waals surface area contributed by atoms with E-state index in [0.717, 1.165) is 0 Å². The largest absolute Gasteiger partial charge is 0.408 e. The van der Waals surface area contributed by atoms with Gasteiger partial charge in [-0.05, 0) is 22.0 Å². The van der Waals surface area contributed by atoms with Gasteiger partial charge in [0.1, 0.15) is 5.52 Å². The zero-order valence-corrected chi connectivity index (χ0v) is 9.82. The summed E-state index contributed by atoms with van der Waals surface area (Å²) in [5.41, 5.74) is -0.689. The molecule has 0 fully saturated rings. The Hall–Kier alpha value is -0.940. The molecular formula is C9H4BrClFNO2. The molecule has 0 aliphatic rings. The van der Waals surface area contributed by atoms with Crippen LogP contribution in [0.3, 0.4) is 0 Å². The molecule has 0 bridgehead atoms. The minimum absolute atomic E-state index is 0.0336. The summed E-state index contributed by atoms with van der Waals surface area (Å²) in [5.74, 6) is -0.547. The molecule has 0 saturated carbocycles. The Morgan fingerprint density at radius 3 is 2.93 bits per heavy atom. The molecule has 78 valence electrons. The first-order chi connectivity index (χ1) is 7.00. The van der Waals surface area contributed by atoms with Gasteiger partial charge in [0.15, 0.2) is 11.7 Å². The molecule has 0 unspecified atom stereocenters. The highest BCUT2D eigenvalue weighted by molar-refractivity contribution is 9.10. The van der Waals surface area contributed by atoms with E-state index in [1.54, 1.807) is 0 Å². The number of nitrogens with zero attached hydrogens (tertiary/aromatic N) is 1. The van der Waals surface area contributed by atoms with Gasteiger partial charge in [0.05, 0.1) is 14.9 Å². The predicted octanol–water partition coefficient (Wildman–Crippen LogP) is 3.05. The van der Waals surface area contributed by atoms with Crippen molar-refractivity contribution in [3.05, 3.63) is 37.7 Å². The third kappa shape index (κ3) is 1.66. The van der Waals surface area contributed by atoms with E-state index in [1.807, 2.05) is 0 Å². The Morgan fingerprint density at radius 1 is 1.60 bits per heavy atom. The van der Waals surface area contributed by atoms with Crippen LogP contribution < -0.4 is 5.63 Å². The van der Waals surface area contributed by atoms with Crippen LogP contribution in [-0.4, -0.2) is 4.98 Å². The molecule has 1 aromatic heterocycles. The lowest BCUT2D eigenvalue weighted by molar-refractivity contribution is 0.465. The second-order valence-corrected chi connectivity index (χ2v) is 4.10. The van der Waals surface area contributed by atoms with E-state index in [1.165, 1.54) is 13.0 Å². The Labute approximate surface area is 97.0 Å². The van der Waals surface area contributed by atoms with Crippen LogP contribution in [0.15, 0.2) is 19.8 Å². The summed E-state index contributed by atoms with van der Waals surface area (Å²) >= 11 is 8.68. The maximum Gasteiger partial charge on any atom is 0.346 e. The van der Waals surface area contributed by atoms with Gasteiger partial charge < -0.3 is 4.42 Å². The van der Waals surface area contributed by atoms with Crippen molar-refractivity contribution >= 4 is 38.4 Å². The monoisotopic (exact) mass is 291 g/mol. The zero-order valence-electron chi connectivity index (χ0n) is 7.47. The summed E-state index contributed by atoms with van der Waals surface area (Å²) in [5, 5.41) is 0.143. The molecule has 0 saturated heterocycles. The number of hydrogen-bond donors (Lipinski definition) is 0. The SMILES string of the molecule is Cc1nc2c(F)c(Br)c(Cl)cc2c(=O)o1. The molecule has 1 aromatic carbocycles. The number of benzene rings is 1. The topological polar surface area (TPSA) is 43.1 Å². The van der Waals surface area contributed by atoms with E-state index in [-0.39, 0.29) is 26.3 Å². The minimum Gasteiger partial charge on any atom is -0.408 e. The fourth-order valence-corrected chi connectivity index (χ4v) is 1.71. The van der Waals surface area contributed by atoms with Crippen LogP contribution in [-0.2, 0) is 0 Å². The van der Waals surface area contributed by atoms with E-state index >= 15 is 0 Å². The van der Waals surface area contributed by atoms with Crippen LogP contribution in [0.5, 0.6) is 0 Å². The number of aromatic nitrogens is 1. The van der Waals surface area contributed by atoms with Gasteiger partial charge in [-0.1, -0.05) is 11.6 Å². The highest BCUT2D eigenvalue weighted by Crippen LogP contribution is 2.29. The van der Waals surface area contributed by atoms with E-state index in [4.69, 9.17) is 16.0 Å². The minimum atomic E-state index is -0.659. The smallest absolute Gasteiger partial charge is 0.346 e. The summed E-state index contributed by atoms with van der Waals surface area (Å²) in [4.78, 5) is 15.2. The molecule has 2 aromatic rings. The molecule has 0 N–H and O–H groups in total. The number of hydrogen-bond acceptors (Lipinski definition) is 3. The van der Waals surface area contributed by atoms with Crippen molar-refractivity contribution in [3.63, 3.8) is 0 Å². The molecule has 3 nitrogen and oxygen atoms in total. The van der Waals surface area contributed by atoms with E-state index in [2.05, 4.69) is 20.9 Å². The van der Waals surface area contributed by atoms with Crippen molar-refractivity contribution in [3.8, 4) is 0 Å². The molecule has 0 atom stereocenters. The van der Waals surface area contributed by atoms with E-state index in [9.17, 15) is 9.18 Å². The first-order valence-corrected chi connectivity index (χ1v) is 5.12. The summed E-state index contributed by atoms with van der Waals surface area (Å²) < 4.78 is 18.5. The molecule has 0 aliphatic carbocycles. The predicted molar refractivity (Wildman–Crippen MR) is 57.7 cm³/mol. The molecular weight excluding hydrogens is 288 g/mol. The van der Waals surface area contributed by atoms with Crippen LogP contribution in [0.25, 0.3) is 10.9 Å².